The van der Waals surface area contributed by atoms with Crippen LogP contribution in [0.15, 0.2) is 18.2 Å². The van der Waals surface area contributed by atoms with Gasteiger partial charge in [-0.2, -0.15) is 0 Å². The Labute approximate surface area is 103 Å². The quantitative estimate of drug-likeness (QED) is 0.869. The van der Waals surface area contributed by atoms with Crippen LogP contribution in [-0.2, 0) is 0 Å². The molecule has 1 rings (SSSR count). The molecule has 1 aromatic carbocycles. The minimum absolute atomic E-state index is 0.0617. The summed E-state index contributed by atoms with van der Waals surface area (Å²) in [5, 5.41) is 2.59. The number of amides is 1. The summed E-state index contributed by atoms with van der Waals surface area (Å²) in [6, 6.07) is 5.53. The zero-order chi connectivity index (χ0) is 11.4. The highest BCUT2D eigenvalue weighted by molar-refractivity contribution is 14.1. The summed E-state index contributed by atoms with van der Waals surface area (Å²) < 4.78 is 6.64. The van der Waals surface area contributed by atoms with E-state index in [1.165, 1.54) is 0 Å². The lowest BCUT2D eigenvalue weighted by atomic mass is 10.2. The number of benzene rings is 1. The zero-order valence-corrected chi connectivity index (χ0v) is 11.2. The Morgan fingerprint density at radius 1 is 1.47 bits per heavy atom. The van der Waals surface area contributed by atoms with Crippen LogP contribution in [0.2, 0.25) is 0 Å². The van der Waals surface area contributed by atoms with Crippen LogP contribution in [-0.4, -0.2) is 19.1 Å². The van der Waals surface area contributed by atoms with Crippen molar-refractivity contribution in [2.24, 2.45) is 0 Å². The Balaban J connectivity index is 3.08. The Morgan fingerprint density at radius 2 is 2.13 bits per heavy atom. The fourth-order valence-corrected chi connectivity index (χ4v) is 1.63. The Bertz CT molecular complexity index is 364. The summed E-state index contributed by atoms with van der Waals surface area (Å²) in [6.07, 6.45) is 0.0617. The molecule has 0 radical (unpaired) electrons. The molecule has 0 saturated carbocycles. The first-order valence-corrected chi connectivity index (χ1v) is 5.80. The number of carbonyl (C=O) groups is 1. The monoisotopic (exact) mass is 319 g/mol. The normalized spacial score (nSPS) is 10.2. The fourth-order valence-electron chi connectivity index (χ4n) is 1.17. The van der Waals surface area contributed by atoms with E-state index in [0.29, 0.717) is 11.3 Å². The van der Waals surface area contributed by atoms with Gasteiger partial charge in [0, 0.05) is 10.6 Å². The molecule has 0 aromatic heterocycles. The summed E-state index contributed by atoms with van der Waals surface area (Å²) in [5.41, 5.74) is 0.576. The van der Waals surface area contributed by atoms with Crippen LogP contribution >= 0.6 is 22.6 Å². The van der Waals surface area contributed by atoms with Gasteiger partial charge in [0.15, 0.2) is 0 Å². The van der Waals surface area contributed by atoms with Gasteiger partial charge in [-0.05, 0) is 54.6 Å². The van der Waals surface area contributed by atoms with E-state index < -0.39 is 0 Å². The predicted molar refractivity (Wildman–Crippen MR) is 68.3 cm³/mol. The standard InChI is InChI=1S/C11H14INO2/c1-7(2)15-10-6-8(12)4-5-9(10)11(14)13-3/h4-7H,1-3H3,(H,13,14). The molecule has 0 spiro atoms. The summed E-state index contributed by atoms with van der Waals surface area (Å²) in [7, 11) is 1.61. The van der Waals surface area contributed by atoms with Gasteiger partial charge in [-0.25, -0.2) is 0 Å². The maximum absolute atomic E-state index is 11.5. The SMILES string of the molecule is CNC(=O)c1ccc(I)cc1OC(C)C. The lowest BCUT2D eigenvalue weighted by molar-refractivity contribution is 0.0957. The minimum Gasteiger partial charge on any atom is -0.490 e. The van der Waals surface area contributed by atoms with Crippen LogP contribution in [0.3, 0.4) is 0 Å². The molecule has 15 heavy (non-hydrogen) atoms. The summed E-state index contributed by atoms with van der Waals surface area (Å²) in [5.74, 6) is 0.512. The van der Waals surface area contributed by atoms with E-state index in [0.717, 1.165) is 3.57 Å². The van der Waals surface area contributed by atoms with Crippen LogP contribution in [0.25, 0.3) is 0 Å². The first-order valence-electron chi connectivity index (χ1n) is 4.73. The molecular formula is C11H14INO2. The van der Waals surface area contributed by atoms with Gasteiger partial charge in [-0.3, -0.25) is 4.79 Å². The van der Waals surface area contributed by atoms with Gasteiger partial charge in [0.2, 0.25) is 0 Å². The molecule has 0 aliphatic heterocycles. The summed E-state index contributed by atoms with van der Waals surface area (Å²) in [6.45, 7) is 3.88. The molecule has 0 atom stereocenters. The van der Waals surface area contributed by atoms with E-state index in [1.54, 1.807) is 13.1 Å². The van der Waals surface area contributed by atoms with Crippen LogP contribution in [0.5, 0.6) is 5.75 Å². The van der Waals surface area contributed by atoms with Crippen molar-refractivity contribution < 1.29 is 9.53 Å². The van der Waals surface area contributed by atoms with Crippen molar-refractivity contribution in [1.82, 2.24) is 5.32 Å². The summed E-state index contributed by atoms with van der Waals surface area (Å²) in [4.78, 5) is 11.5. The van der Waals surface area contributed by atoms with E-state index in [2.05, 4.69) is 27.9 Å². The van der Waals surface area contributed by atoms with Crippen LogP contribution in [0, 0.1) is 3.57 Å². The fraction of sp³-hybridized carbons (Fsp3) is 0.364. The molecule has 4 heteroatoms. The van der Waals surface area contributed by atoms with E-state index in [-0.39, 0.29) is 12.0 Å². The number of halogens is 1. The lowest BCUT2D eigenvalue weighted by Crippen LogP contribution is -2.20. The smallest absolute Gasteiger partial charge is 0.254 e. The third-order valence-corrected chi connectivity index (χ3v) is 2.45. The zero-order valence-electron chi connectivity index (χ0n) is 9.00. The highest BCUT2D eigenvalue weighted by Gasteiger charge is 2.12. The van der Waals surface area contributed by atoms with E-state index in [9.17, 15) is 4.79 Å². The third-order valence-electron chi connectivity index (χ3n) is 1.78. The number of carbonyl (C=O) groups excluding carboxylic acids is 1. The summed E-state index contributed by atoms with van der Waals surface area (Å²) >= 11 is 2.19. The van der Waals surface area contributed by atoms with Gasteiger partial charge in [0.05, 0.1) is 11.7 Å². The van der Waals surface area contributed by atoms with Crippen molar-refractivity contribution in [2.45, 2.75) is 20.0 Å². The molecule has 3 nitrogen and oxygen atoms in total. The molecule has 1 N–H and O–H groups in total. The molecule has 0 aliphatic rings. The second-order valence-electron chi connectivity index (χ2n) is 3.39. The topological polar surface area (TPSA) is 38.3 Å². The van der Waals surface area contributed by atoms with Gasteiger partial charge >= 0.3 is 0 Å². The molecule has 0 bridgehead atoms. The molecule has 0 heterocycles. The van der Waals surface area contributed by atoms with Crippen LogP contribution < -0.4 is 10.1 Å². The lowest BCUT2D eigenvalue weighted by Gasteiger charge is -2.13. The molecule has 82 valence electrons. The third kappa shape index (κ3) is 3.37. The molecule has 1 amide bonds. The molecule has 0 fully saturated rings. The average molecular weight is 319 g/mol. The average Bonchev–Trinajstić information content (AvgIpc) is 2.16. The van der Waals surface area contributed by atoms with Crippen molar-refractivity contribution in [3.05, 3.63) is 27.3 Å². The van der Waals surface area contributed by atoms with Gasteiger partial charge in [-0.15, -0.1) is 0 Å². The van der Waals surface area contributed by atoms with Crippen molar-refractivity contribution >= 4 is 28.5 Å². The highest BCUT2D eigenvalue weighted by atomic mass is 127. The number of hydrogen-bond donors (Lipinski definition) is 1. The molecule has 0 saturated heterocycles. The Morgan fingerprint density at radius 3 is 2.67 bits per heavy atom. The Hall–Kier alpha value is -0.780. The maximum Gasteiger partial charge on any atom is 0.254 e. The largest absolute Gasteiger partial charge is 0.490 e. The van der Waals surface area contributed by atoms with Gasteiger partial charge < -0.3 is 10.1 Å². The van der Waals surface area contributed by atoms with Crippen molar-refractivity contribution in [1.29, 1.82) is 0 Å². The van der Waals surface area contributed by atoms with Crippen molar-refractivity contribution in [3.63, 3.8) is 0 Å². The van der Waals surface area contributed by atoms with Gasteiger partial charge in [-0.1, -0.05) is 0 Å². The van der Waals surface area contributed by atoms with Crippen molar-refractivity contribution in [2.75, 3.05) is 7.05 Å². The number of nitrogens with one attached hydrogen (secondary N) is 1. The predicted octanol–water partition coefficient (Wildman–Crippen LogP) is 2.44. The Kier molecular flexibility index (Phi) is 4.38. The maximum atomic E-state index is 11.5. The van der Waals surface area contributed by atoms with E-state index in [1.807, 2.05) is 26.0 Å². The van der Waals surface area contributed by atoms with E-state index in [4.69, 9.17) is 4.74 Å². The number of ether oxygens (including phenoxy) is 1. The molecule has 1 aromatic rings. The highest BCUT2D eigenvalue weighted by Crippen LogP contribution is 2.22. The second-order valence-corrected chi connectivity index (χ2v) is 4.63. The number of rotatable bonds is 3. The van der Waals surface area contributed by atoms with E-state index >= 15 is 0 Å². The molecule has 0 aliphatic carbocycles. The van der Waals surface area contributed by atoms with Crippen LogP contribution in [0.1, 0.15) is 24.2 Å². The minimum atomic E-state index is -0.123. The number of hydrogen-bond acceptors (Lipinski definition) is 2. The van der Waals surface area contributed by atoms with Crippen LogP contribution in [0.4, 0.5) is 0 Å². The second kappa shape index (κ2) is 5.34. The first kappa shape index (κ1) is 12.3. The molecule has 0 unspecified atom stereocenters. The van der Waals surface area contributed by atoms with Crippen molar-refractivity contribution in [3.8, 4) is 5.75 Å². The first-order chi connectivity index (χ1) is 7.04. The van der Waals surface area contributed by atoms with Gasteiger partial charge in [0.25, 0.3) is 5.91 Å². The molecular weight excluding hydrogens is 305 g/mol. The van der Waals surface area contributed by atoms with Gasteiger partial charge in [0.1, 0.15) is 5.75 Å².